The highest BCUT2D eigenvalue weighted by Gasteiger charge is 2.26. The Kier molecular flexibility index (Phi) is 8.03. The molecule has 1 amide bonds. The summed E-state index contributed by atoms with van der Waals surface area (Å²) in [6.45, 7) is 7.14. The number of nitriles is 2. The quantitative estimate of drug-likeness (QED) is 0.410. The van der Waals surface area contributed by atoms with Gasteiger partial charge in [0.2, 0.25) is 0 Å². The molecule has 3 rings (SSSR count). The van der Waals surface area contributed by atoms with Gasteiger partial charge >= 0.3 is 6.09 Å². The zero-order valence-electron chi connectivity index (χ0n) is 20.6. The molecule has 0 aliphatic heterocycles. The number of carbonyl (C=O) groups excluding carboxylic acids is 2. The molecule has 0 unspecified atom stereocenters. The first-order chi connectivity index (χ1) is 17.1. The van der Waals surface area contributed by atoms with Gasteiger partial charge in [-0.2, -0.15) is 10.5 Å². The van der Waals surface area contributed by atoms with Gasteiger partial charge in [0, 0.05) is 17.4 Å². The van der Waals surface area contributed by atoms with Crippen molar-refractivity contribution in [1.82, 2.24) is 4.98 Å². The van der Waals surface area contributed by atoms with Crippen LogP contribution in [0.1, 0.15) is 59.1 Å². The summed E-state index contributed by atoms with van der Waals surface area (Å²) in [7, 11) is 0. The molecule has 0 N–H and O–H groups in total. The van der Waals surface area contributed by atoms with Crippen LogP contribution in [0.4, 0.5) is 10.5 Å². The number of hydrogen-bond acceptors (Lipinski definition) is 7. The molecule has 36 heavy (non-hydrogen) atoms. The average molecular weight is 483 g/mol. The molecule has 0 bridgehead atoms. The van der Waals surface area contributed by atoms with Crippen LogP contribution in [0.25, 0.3) is 0 Å². The fourth-order valence-corrected chi connectivity index (χ4v) is 3.43. The molecule has 2 aromatic carbocycles. The van der Waals surface area contributed by atoms with Crippen LogP contribution >= 0.6 is 0 Å². The van der Waals surface area contributed by atoms with E-state index in [1.807, 2.05) is 6.07 Å². The lowest BCUT2D eigenvalue weighted by Crippen LogP contribution is -2.36. The summed E-state index contributed by atoms with van der Waals surface area (Å²) in [4.78, 5) is 31.1. The molecule has 1 aromatic heterocycles. The van der Waals surface area contributed by atoms with Gasteiger partial charge in [0.25, 0.3) is 0 Å². The molecular weight excluding hydrogens is 456 g/mol. The van der Waals surface area contributed by atoms with Crippen molar-refractivity contribution in [1.29, 1.82) is 10.5 Å². The Balaban J connectivity index is 1.96. The molecule has 1 heterocycles. The van der Waals surface area contributed by atoms with Crippen molar-refractivity contribution in [3.05, 3.63) is 88.2 Å². The third-order valence-corrected chi connectivity index (χ3v) is 5.14. The van der Waals surface area contributed by atoms with Crippen molar-refractivity contribution in [2.24, 2.45) is 0 Å². The fourth-order valence-electron chi connectivity index (χ4n) is 3.43. The predicted octanol–water partition coefficient (Wildman–Crippen LogP) is 5.47. The van der Waals surface area contributed by atoms with Crippen molar-refractivity contribution >= 4 is 18.1 Å². The molecule has 182 valence electrons. The molecule has 8 nitrogen and oxygen atoms in total. The number of aryl methyl sites for hydroxylation is 1. The number of ether oxygens (including phenoxy) is 2. The first-order valence-electron chi connectivity index (χ1n) is 11.2. The second-order valence-electron chi connectivity index (χ2n) is 9.06. The van der Waals surface area contributed by atoms with Gasteiger partial charge < -0.3 is 9.47 Å². The van der Waals surface area contributed by atoms with Crippen molar-refractivity contribution in [2.45, 2.75) is 46.4 Å². The molecular formula is C28H26N4O4. The van der Waals surface area contributed by atoms with Crippen molar-refractivity contribution in [2.75, 3.05) is 4.90 Å². The second kappa shape index (κ2) is 11.2. The number of hydrogen-bond donors (Lipinski definition) is 0. The van der Waals surface area contributed by atoms with Gasteiger partial charge in [-0.25, -0.2) is 4.79 Å². The van der Waals surface area contributed by atoms with Gasteiger partial charge in [0.15, 0.2) is 12.0 Å². The van der Waals surface area contributed by atoms with E-state index in [4.69, 9.17) is 20.0 Å². The van der Waals surface area contributed by atoms with E-state index in [-0.39, 0.29) is 18.7 Å². The van der Waals surface area contributed by atoms with Crippen LogP contribution in [0, 0.1) is 29.6 Å². The topological polar surface area (TPSA) is 116 Å². The number of amides is 1. The molecule has 8 heteroatoms. The summed E-state index contributed by atoms with van der Waals surface area (Å²) in [6.07, 6.45) is 1.60. The van der Waals surface area contributed by atoms with E-state index < -0.39 is 11.7 Å². The highest BCUT2D eigenvalue weighted by molar-refractivity contribution is 5.89. The standard InChI is InChI=1S/C28H26N4O4/c1-19-26(35-18-22-7-5-6-21(12-22)14-30)25(17-33)23(15-31-19)16-32(27(34)36-28(2,3)4)24-10-8-20(13-29)9-11-24/h5-12,15,17H,16,18H2,1-4H3. The minimum Gasteiger partial charge on any atom is -0.486 e. The Bertz CT molecular complexity index is 1350. The van der Waals surface area contributed by atoms with Gasteiger partial charge in [0.05, 0.1) is 41.1 Å². The molecule has 0 saturated carbocycles. The largest absolute Gasteiger partial charge is 0.486 e. The normalized spacial score (nSPS) is 10.6. The van der Waals surface area contributed by atoms with E-state index >= 15 is 0 Å². The number of anilines is 1. The third kappa shape index (κ3) is 6.46. The van der Waals surface area contributed by atoms with Crippen LogP contribution in [-0.2, 0) is 17.9 Å². The summed E-state index contributed by atoms with van der Waals surface area (Å²) in [5.41, 5.74) is 2.72. The molecule has 0 aliphatic carbocycles. The Morgan fingerprint density at radius 3 is 2.39 bits per heavy atom. The summed E-state index contributed by atoms with van der Waals surface area (Å²) < 4.78 is 11.6. The number of rotatable bonds is 7. The predicted molar refractivity (Wildman–Crippen MR) is 133 cm³/mol. The Morgan fingerprint density at radius 1 is 1.08 bits per heavy atom. The van der Waals surface area contributed by atoms with Gasteiger partial charge in [0.1, 0.15) is 12.2 Å². The van der Waals surface area contributed by atoms with E-state index in [9.17, 15) is 9.59 Å². The van der Waals surface area contributed by atoms with E-state index in [0.717, 1.165) is 5.56 Å². The molecule has 0 fully saturated rings. The highest BCUT2D eigenvalue weighted by Crippen LogP contribution is 2.28. The maximum Gasteiger partial charge on any atom is 0.415 e. The van der Waals surface area contributed by atoms with Crippen LogP contribution < -0.4 is 9.64 Å². The lowest BCUT2D eigenvalue weighted by atomic mass is 10.1. The maximum absolute atomic E-state index is 13.1. The summed E-state index contributed by atoms with van der Waals surface area (Å²) in [5.74, 6) is 0.300. The van der Waals surface area contributed by atoms with Crippen LogP contribution in [0.2, 0.25) is 0 Å². The number of aromatic nitrogens is 1. The Hall–Kier alpha value is -4.69. The van der Waals surface area contributed by atoms with E-state index in [2.05, 4.69) is 17.1 Å². The first-order valence-corrected chi connectivity index (χ1v) is 11.2. The van der Waals surface area contributed by atoms with Crippen LogP contribution in [-0.4, -0.2) is 23.0 Å². The van der Waals surface area contributed by atoms with E-state index in [0.29, 0.717) is 40.1 Å². The van der Waals surface area contributed by atoms with Crippen molar-refractivity contribution < 1.29 is 19.1 Å². The molecule has 0 radical (unpaired) electrons. The first kappa shape index (κ1) is 25.9. The zero-order valence-corrected chi connectivity index (χ0v) is 20.6. The minimum atomic E-state index is -0.743. The van der Waals surface area contributed by atoms with Crippen LogP contribution in [0.3, 0.4) is 0 Å². The highest BCUT2D eigenvalue weighted by atomic mass is 16.6. The minimum absolute atomic E-state index is 0.0115. The number of aldehydes is 1. The number of nitrogens with zero attached hydrogens (tertiary/aromatic N) is 4. The smallest absolute Gasteiger partial charge is 0.415 e. The zero-order chi connectivity index (χ0) is 26.3. The lowest BCUT2D eigenvalue weighted by Gasteiger charge is -2.28. The molecule has 0 spiro atoms. The second-order valence-corrected chi connectivity index (χ2v) is 9.06. The van der Waals surface area contributed by atoms with Gasteiger partial charge in [-0.1, -0.05) is 12.1 Å². The molecule has 3 aromatic rings. The average Bonchev–Trinajstić information content (AvgIpc) is 2.86. The SMILES string of the molecule is Cc1ncc(CN(C(=O)OC(C)(C)C)c2ccc(C#N)cc2)c(C=O)c1OCc1cccc(C#N)c1. The van der Waals surface area contributed by atoms with Gasteiger partial charge in [-0.15, -0.1) is 0 Å². The van der Waals surface area contributed by atoms with E-state index in [1.165, 1.54) is 11.1 Å². The third-order valence-electron chi connectivity index (χ3n) is 5.14. The maximum atomic E-state index is 13.1. The van der Waals surface area contributed by atoms with E-state index in [1.54, 1.807) is 70.2 Å². The van der Waals surface area contributed by atoms with Gasteiger partial charge in [-0.05, 0) is 69.7 Å². The van der Waals surface area contributed by atoms with Gasteiger partial charge in [-0.3, -0.25) is 14.7 Å². The summed E-state index contributed by atoms with van der Waals surface area (Å²) >= 11 is 0. The fraction of sp³-hybridized carbons (Fsp3) is 0.250. The Labute approximate surface area is 210 Å². The number of carbonyl (C=O) groups is 2. The number of benzene rings is 2. The number of pyridine rings is 1. The Morgan fingerprint density at radius 2 is 1.78 bits per heavy atom. The van der Waals surface area contributed by atoms with Crippen molar-refractivity contribution in [3.8, 4) is 17.9 Å². The molecule has 0 saturated heterocycles. The molecule has 0 aliphatic rings. The van der Waals surface area contributed by atoms with Crippen LogP contribution in [0.5, 0.6) is 5.75 Å². The van der Waals surface area contributed by atoms with Crippen molar-refractivity contribution in [3.63, 3.8) is 0 Å². The lowest BCUT2D eigenvalue weighted by molar-refractivity contribution is 0.0577. The molecule has 0 atom stereocenters. The summed E-state index contributed by atoms with van der Waals surface area (Å²) in [6, 6.07) is 17.6. The summed E-state index contributed by atoms with van der Waals surface area (Å²) in [5, 5.41) is 18.2. The monoisotopic (exact) mass is 482 g/mol. The van der Waals surface area contributed by atoms with Crippen LogP contribution in [0.15, 0.2) is 54.7 Å².